The normalized spacial score (nSPS) is 12.1. The second-order valence-corrected chi connectivity index (χ2v) is 6.34. The highest BCUT2D eigenvalue weighted by Crippen LogP contribution is 2.37. The van der Waals surface area contributed by atoms with Gasteiger partial charge in [-0.25, -0.2) is 0 Å². The maximum absolute atomic E-state index is 4.10. The SMILES string of the molecule is C=C(C)/C(C)=C(\C(=C(C)C)C(P)=C(C)C)C(C)C. The molecule has 0 saturated carbocycles. The van der Waals surface area contributed by atoms with Crippen LogP contribution in [0.2, 0.25) is 0 Å². The molecule has 1 atom stereocenters. The van der Waals surface area contributed by atoms with Gasteiger partial charge in [0, 0.05) is 0 Å². The van der Waals surface area contributed by atoms with E-state index in [4.69, 9.17) is 0 Å². The van der Waals surface area contributed by atoms with Gasteiger partial charge in [0.15, 0.2) is 0 Å². The van der Waals surface area contributed by atoms with Crippen LogP contribution in [0.4, 0.5) is 0 Å². The molecule has 0 spiro atoms. The zero-order chi connectivity index (χ0) is 14.6. The van der Waals surface area contributed by atoms with Crippen molar-refractivity contribution >= 4 is 9.24 Å². The fourth-order valence-electron chi connectivity index (χ4n) is 2.07. The molecule has 1 unspecified atom stereocenters. The number of rotatable bonds is 4. The van der Waals surface area contributed by atoms with Crippen molar-refractivity contribution in [2.75, 3.05) is 0 Å². The second kappa shape index (κ2) is 7.10. The molecule has 0 fully saturated rings. The van der Waals surface area contributed by atoms with Gasteiger partial charge in [-0.3, -0.25) is 0 Å². The lowest BCUT2D eigenvalue weighted by Crippen LogP contribution is -2.05. The summed E-state index contributed by atoms with van der Waals surface area (Å²) in [6, 6.07) is 0. The van der Waals surface area contributed by atoms with Crippen LogP contribution in [0.5, 0.6) is 0 Å². The van der Waals surface area contributed by atoms with Crippen LogP contribution >= 0.6 is 9.24 Å². The van der Waals surface area contributed by atoms with Crippen LogP contribution < -0.4 is 0 Å². The van der Waals surface area contributed by atoms with E-state index in [1.165, 1.54) is 33.2 Å². The van der Waals surface area contributed by atoms with Crippen molar-refractivity contribution < 1.29 is 0 Å². The van der Waals surface area contributed by atoms with Crippen LogP contribution in [-0.4, -0.2) is 0 Å². The van der Waals surface area contributed by atoms with Crippen LogP contribution in [0.3, 0.4) is 0 Å². The average Bonchev–Trinajstić information content (AvgIpc) is 2.22. The molecule has 0 saturated heterocycles. The molecule has 0 aliphatic carbocycles. The number of hydrogen-bond donors (Lipinski definition) is 0. The lowest BCUT2D eigenvalue weighted by molar-refractivity contribution is 0.768. The summed E-state index contributed by atoms with van der Waals surface area (Å²) in [7, 11) is 2.91. The molecule has 0 aliphatic heterocycles. The Balaban J connectivity index is 6.24. The van der Waals surface area contributed by atoms with E-state index in [9.17, 15) is 0 Å². The van der Waals surface area contributed by atoms with E-state index in [0.29, 0.717) is 5.92 Å². The highest BCUT2D eigenvalue weighted by molar-refractivity contribution is 7.23. The number of hydrogen-bond acceptors (Lipinski definition) is 0. The average molecular weight is 264 g/mol. The summed E-state index contributed by atoms with van der Waals surface area (Å²) in [5.74, 6) is 0.501. The van der Waals surface area contributed by atoms with Gasteiger partial charge >= 0.3 is 0 Å². The van der Waals surface area contributed by atoms with Crippen LogP contribution in [0.25, 0.3) is 0 Å². The lowest BCUT2D eigenvalue weighted by Gasteiger charge is -2.23. The molecule has 0 aromatic carbocycles. The molecule has 0 amide bonds. The zero-order valence-electron chi connectivity index (χ0n) is 13.4. The molecule has 1 heteroatoms. The fraction of sp³-hybridized carbons (Fsp3) is 0.529. The zero-order valence-corrected chi connectivity index (χ0v) is 14.5. The van der Waals surface area contributed by atoms with Crippen molar-refractivity contribution in [1.29, 1.82) is 0 Å². The first-order chi connectivity index (χ1) is 8.11. The van der Waals surface area contributed by atoms with Crippen molar-refractivity contribution in [2.45, 2.75) is 55.4 Å². The molecule has 0 nitrogen and oxygen atoms in total. The van der Waals surface area contributed by atoms with Gasteiger partial charge in [0.2, 0.25) is 0 Å². The van der Waals surface area contributed by atoms with Gasteiger partial charge < -0.3 is 0 Å². The van der Waals surface area contributed by atoms with E-state index in [2.05, 4.69) is 71.2 Å². The molecular weight excluding hydrogens is 235 g/mol. The van der Waals surface area contributed by atoms with Crippen LogP contribution in [0, 0.1) is 5.92 Å². The van der Waals surface area contributed by atoms with Gasteiger partial charge in [0.05, 0.1) is 0 Å². The van der Waals surface area contributed by atoms with E-state index >= 15 is 0 Å². The predicted molar refractivity (Wildman–Crippen MR) is 88.8 cm³/mol. The largest absolute Gasteiger partial charge is 0.105 e. The van der Waals surface area contributed by atoms with Gasteiger partial charge in [-0.1, -0.05) is 37.1 Å². The summed E-state index contributed by atoms with van der Waals surface area (Å²) in [5.41, 5.74) is 8.00. The summed E-state index contributed by atoms with van der Waals surface area (Å²) >= 11 is 0. The Morgan fingerprint density at radius 3 is 1.56 bits per heavy atom. The van der Waals surface area contributed by atoms with Crippen molar-refractivity contribution in [3.8, 4) is 0 Å². The van der Waals surface area contributed by atoms with Gasteiger partial charge in [0.25, 0.3) is 0 Å². The first kappa shape index (κ1) is 17.4. The summed E-state index contributed by atoms with van der Waals surface area (Å²) in [5, 5.41) is 1.32. The van der Waals surface area contributed by atoms with Crippen molar-refractivity contribution in [3.05, 3.63) is 45.3 Å². The highest BCUT2D eigenvalue weighted by atomic mass is 31.0. The summed E-state index contributed by atoms with van der Waals surface area (Å²) in [6.45, 7) is 21.6. The summed E-state index contributed by atoms with van der Waals surface area (Å²) in [4.78, 5) is 0. The molecule has 102 valence electrons. The molecule has 0 aromatic rings. The highest BCUT2D eigenvalue weighted by Gasteiger charge is 2.17. The minimum atomic E-state index is 0.501. The molecule has 0 aromatic heterocycles. The maximum Gasteiger partial charge on any atom is -0.0162 e. The molecule has 0 aliphatic rings. The van der Waals surface area contributed by atoms with Crippen molar-refractivity contribution in [1.82, 2.24) is 0 Å². The first-order valence-electron chi connectivity index (χ1n) is 6.59. The minimum Gasteiger partial charge on any atom is -0.105 e. The lowest BCUT2D eigenvalue weighted by atomic mass is 9.85. The van der Waals surface area contributed by atoms with Gasteiger partial charge in [-0.05, 0) is 69.5 Å². The Labute approximate surface area is 116 Å². The third-order valence-corrected chi connectivity index (χ3v) is 4.06. The summed E-state index contributed by atoms with van der Waals surface area (Å²) < 4.78 is 0. The standard InChI is InChI=1S/C17H29P/c1-10(2)14(9)15(11(3)4)16(12(5)6)17(18)13(7)8/h11H,1,18H2,2-9H3/b15-14-. The summed E-state index contributed by atoms with van der Waals surface area (Å²) in [6.07, 6.45) is 0. The third-order valence-electron chi connectivity index (χ3n) is 3.20. The molecule has 0 rings (SSSR count). The topological polar surface area (TPSA) is 0 Å². The smallest absolute Gasteiger partial charge is 0.0162 e. The molecule has 18 heavy (non-hydrogen) atoms. The predicted octanol–water partition coefficient (Wildman–Crippen LogP) is 6.04. The van der Waals surface area contributed by atoms with Crippen LogP contribution in [0.1, 0.15) is 55.4 Å². The van der Waals surface area contributed by atoms with Crippen LogP contribution in [-0.2, 0) is 0 Å². The van der Waals surface area contributed by atoms with Crippen LogP contribution in [0.15, 0.2) is 45.3 Å². The first-order valence-corrected chi connectivity index (χ1v) is 7.16. The Morgan fingerprint density at radius 1 is 0.889 bits per heavy atom. The molecule has 0 bridgehead atoms. The second-order valence-electron chi connectivity index (χ2n) is 5.76. The molecule has 0 heterocycles. The van der Waals surface area contributed by atoms with E-state index in [0.717, 1.165) is 5.57 Å². The molecule has 0 N–H and O–H groups in total. The monoisotopic (exact) mass is 264 g/mol. The fourth-order valence-corrected chi connectivity index (χ4v) is 2.52. The Morgan fingerprint density at radius 2 is 1.33 bits per heavy atom. The van der Waals surface area contributed by atoms with Gasteiger partial charge in [0.1, 0.15) is 0 Å². The van der Waals surface area contributed by atoms with E-state index < -0.39 is 0 Å². The maximum atomic E-state index is 4.10. The van der Waals surface area contributed by atoms with Gasteiger partial charge in [-0.2, -0.15) is 0 Å². The number of allylic oxidation sites excluding steroid dienone is 7. The Hall–Kier alpha value is -0.610. The minimum absolute atomic E-state index is 0.501. The molecular formula is C17H29P. The van der Waals surface area contributed by atoms with Crippen molar-refractivity contribution in [2.24, 2.45) is 5.92 Å². The quantitative estimate of drug-likeness (QED) is 0.429. The van der Waals surface area contributed by atoms with E-state index in [-0.39, 0.29) is 0 Å². The third kappa shape index (κ3) is 4.25. The Bertz CT molecular complexity index is 421. The van der Waals surface area contributed by atoms with E-state index in [1.807, 2.05) is 0 Å². The van der Waals surface area contributed by atoms with Gasteiger partial charge in [-0.15, -0.1) is 9.24 Å². The van der Waals surface area contributed by atoms with Crippen molar-refractivity contribution in [3.63, 3.8) is 0 Å². The van der Waals surface area contributed by atoms with E-state index in [1.54, 1.807) is 0 Å². The molecule has 0 radical (unpaired) electrons. The Kier molecular flexibility index (Phi) is 6.86.